The first-order chi connectivity index (χ1) is 10.0. The Morgan fingerprint density at radius 1 is 1.52 bits per heavy atom. The van der Waals surface area contributed by atoms with E-state index in [0.717, 1.165) is 12.6 Å². The number of carbonyl (C=O) groups is 1. The Hall–Kier alpha value is -1.46. The number of halogens is 1. The first kappa shape index (κ1) is 15.9. The molecule has 116 valence electrons. The molecule has 0 saturated heterocycles. The van der Waals surface area contributed by atoms with Crippen molar-refractivity contribution in [3.63, 3.8) is 0 Å². The molecular weight excluding hydrogens is 273 g/mol. The van der Waals surface area contributed by atoms with Crippen LogP contribution in [0.2, 0.25) is 0 Å². The van der Waals surface area contributed by atoms with E-state index in [1.807, 2.05) is 0 Å². The number of carboxylic acid groups (broad SMARTS) is 1. The summed E-state index contributed by atoms with van der Waals surface area (Å²) in [5.41, 5.74) is 0.688. The van der Waals surface area contributed by atoms with Crippen LogP contribution in [0, 0.1) is 11.7 Å². The summed E-state index contributed by atoms with van der Waals surface area (Å²) in [4.78, 5) is 13.5. The summed E-state index contributed by atoms with van der Waals surface area (Å²) in [5.74, 6) is -0.930. The molecule has 1 saturated carbocycles. The molecule has 0 aromatic heterocycles. The van der Waals surface area contributed by atoms with Crippen molar-refractivity contribution in [1.82, 2.24) is 4.90 Å². The highest BCUT2D eigenvalue weighted by Gasteiger charge is 2.32. The van der Waals surface area contributed by atoms with Gasteiger partial charge in [0.2, 0.25) is 0 Å². The van der Waals surface area contributed by atoms with Crippen molar-refractivity contribution >= 4 is 5.97 Å². The number of carboxylic acids is 1. The number of nitrogens with zero attached hydrogens (tertiary/aromatic N) is 1. The first-order valence-electron chi connectivity index (χ1n) is 7.27. The number of hydrogen-bond acceptors (Lipinski definition) is 3. The minimum atomic E-state index is -1.09. The summed E-state index contributed by atoms with van der Waals surface area (Å²) in [5, 5.41) is 9.23. The number of hydrogen-bond donors (Lipinski definition) is 1. The van der Waals surface area contributed by atoms with Crippen LogP contribution in [0.25, 0.3) is 0 Å². The molecule has 0 aliphatic heterocycles. The minimum absolute atomic E-state index is 0.0420. The summed E-state index contributed by atoms with van der Waals surface area (Å²) in [6.07, 6.45) is 2.44. The van der Waals surface area contributed by atoms with Crippen molar-refractivity contribution in [2.45, 2.75) is 32.4 Å². The highest BCUT2D eigenvalue weighted by atomic mass is 19.1. The maximum Gasteiger partial charge on any atom is 0.336 e. The van der Waals surface area contributed by atoms with Gasteiger partial charge >= 0.3 is 5.97 Å². The van der Waals surface area contributed by atoms with Crippen LogP contribution >= 0.6 is 0 Å². The molecule has 0 radical (unpaired) electrons. The van der Waals surface area contributed by atoms with Gasteiger partial charge in [0.15, 0.2) is 0 Å². The zero-order valence-electron chi connectivity index (χ0n) is 12.5. The Balaban J connectivity index is 2.16. The molecule has 1 N–H and O–H groups in total. The maximum atomic E-state index is 13.2. The van der Waals surface area contributed by atoms with Gasteiger partial charge in [0, 0.05) is 26.2 Å². The standard InChI is InChI=1S/C16H22FNO3/c1-11(12-3-4-12)18(7-8-21-2)10-13-5-6-14(17)9-15(13)16(19)20/h5-6,9,11-12H,3-4,7-8,10H2,1-2H3,(H,19,20). The van der Waals surface area contributed by atoms with Gasteiger partial charge in [-0.2, -0.15) is 0 Å². The molecule has 1 aliphatic carbocycles. The molecule has 4 nitrogen and oxygen atoms in total. The van der Waals surface area contributed by atoms with Crippen LogP contribution in [0.4, 0.5) is 4.39 Å². The van der Waals surface area contributed by atoms with Gasteiger partial charge in [-0.15, -0.1) is 0 Å². The molecule has 0 heterocycles. The summed E-state index contributed by atoms with van der Waals surface area (Å²) in [6, 6.07) is 4.36. The van der Waals surface area contributed by atoms with Crippen LogP contribution in [-0.2, 0) is 11.3 Å². The lowest BCUT2D eigenvalue weighted by molar-refractivity contribution is 0.0691. The smallest absolute Gasteiger partial charge is 0.336 e. The molecule has 1 unspecified atom stereocenters. The Bertz CT molecular complexity index is 502. The van der Waals surface area contributed by atoms with E-state index in [1.54, 1.807) is 13.2 Å². The van der Waals surface area contributed by atoms with Crippen molar-refractivity contribution in [1.29, 1.82) is 0 Å². The Morgan fingerprint density at radius 2 is 2.24 bits per heavy atom. The molecule has 0 bridgehead atoms. The predicted octanol–water partition coefficient (Wildman–Crippen LogP) is 2.77. The molecule has 0 amide bonds. The van der Waals surface area contributed by atoms with E-state index >= 15 is 0 Å². The normalized spacial score (nSPS) is 16.2. The third-order valence-electron chi connectivity index (χ3n) is 4.14. The monoisotopic (exact) mass is 295 g/mol. The van der Waals surface area contributed by atoms with E-state index in [0.29, 0.717) is 30.7 Å². The number of ether oxygens (including phenoxy) is 1. The fourth-order valence-electron chi connectivity index (χ4n) is 2.62. The molecule has 1 atom stereocenters. The van der Waals surface area contributed by atoms with Crippen LogP contribution < -0.4 is 0 Å². The molecule has 1 aliphatic rings. The van der Waals surface area contributed by atoms with Gasteiger partial charge in [-0.25, -0.2) is 9.18 Å². The van der Waals surface area contributed by atoms with E-state index in [-0.39, 0.29) is 5.56 Å². The van der Waals surface area contributed by atoms with Gasteiger partial charge < -0.3 is 9.84 Å². The van der Waals surface area contributed by atoms with Gasteiger partial charge in [0.05, 0.1) is 12.2 Å². The summed E-state index contributed by atoms with van der Waals surface area (Å²) >= 11 is 0. The fourth-order valence-corrected chi connectivity index (χ4v) is 2.62. The van der Waals surface area contributed by atoms with Crippen LogP contribution in [-0.4, -0.2) is 42.3 Å². The van der Waals surface area contributed by atoms with Crippen LogP contribution in [0.1, 0.15) is 35.7 Å². The molecule has 1 aromatic carbocycles. The fraction of sp³-hybridized carbons (Fsp3) is 0.562. The summed E-state index contributed by atoms with van der Waals surface area (Å²) in [7, 11) is 1.65. The van der Waals surface area contributed by atoms with E-state index in [9.17, 15) is 14.3 Å². The SMILES string of the molecule is COCCN(Cc1ccc(F)cc1C(=O)O)C(C)C1CC1. The van der Waals surface area contributed by atoms with E-state index < -0.39 is 11.8 Å². The second-order valence-corrected chi connectivity index (χ2v) is 5.65. The van der Waals surface area contributed by atoms with E-state index in [1.165, 1.54) is 18.9 Å². The molecule has 1 aromatic rings. The highest BCUT2D eigenvalue weighted by molar-refractivity contribution is 5.89. The lowest BCUT2D eigenvalue weighted by atomic mass is 10.0. The predicted molar refractivity (Wildman–Crippen MR) is 77.8 cm³/mol. The highest BCUT2D eigenvalue weighted by Crippen LogP contribution is 2.35. The third kappa shape index (κ3) is 4.25. The largest absolute Gasteiger partial charge is 0.478 e. The van der Waals surface area contributed by atoms with Crippen molar-refractivity contribution < 1.29 is 19.0 Å². The molecular formula is C16H22FNO3. The van der Waals surface area contributed by atoms with Crippen LogP contribution in [0.5, 0.6) is 0 Å². The van der Waals surface area contributed by atoms with Gasteiger partial charge in [-0.1, -0.05) is 6.07 Å². The molecule has 1 fully saturated rings. The number of rotatable bonds is 8. The van der Waals surface area contributed by atoms with Gasteiger partial charge in [0.1, 0.15) is 5.82 Å². The maximum absolute atomic E-state index is 13.2. The van der Waals surface area contributed by atoms with Crippen molar-refractivity contribution in [2.75, 3.05) is 20.3 Å². The first-order valence-corrected chi connectivity index (χ1v) is 7.27. The van der Waals surface area contributed by atoms with Gasteiger partial charge in [-0.3, -0.25) is 4.90 Å². The number of aromatic carboxylic acids is 1. The Kier molecular flexibility index (Phi) is 5.31. The zero-order chi connectivity index (χ0) is 15.4. The minimum Gasteiger partial charge on any atom is -0.478 e. The molecule has 0 spiro atoms. The van der Waals surface area contributed by atoms with Gasteiger partial charge in [-0.05, 0) is 43.4 Å². The Labute approximate surface area is 124 Å². The van der Waals surface area contributed by atoms with Crippen LogP contribution in [0.15, 0.2) is 18.2 Å². The van der Waals surface area contributed by atoms with Crippen molar-refractivity contribution in [3.8, 4) is 0 Å². The molecule has 2 rings (SSSR count). The number of methoxy groups -OCH3 is 1. The average Bonchev–Trinajstić information content (AvgIpc) is 3.28. The topological polar surface area (TPSA) is 49.8 Å². The van der Waals surface area contributed by atoms with E-state index in [4.69, 9.17) is 4.74 Å². The third-order valence-corrected chi connectivity index (χ3v) is 4.14. The summed E-state index contributed by atoms with van der Waals surface area (Å²) < 4.78 is 18.4. The van der Waals surface area contributed by atoms with Gasteiger partial charge in [0.25, 0.3) is 0 Å². The van der Waals surface area contributed by atoms with Crippen molar-refractivity contribution in [3.05, 3.63) is 35.1 Å². The lowest BCUT2D eigenvalue weighted by Gasteiger charge is -2.29. The molecule has 5 heteroatoms. The summed E-state index contributed by atoms with van der Waals surface area (Å²) in [6.45, 7) is 4.01. The molecule has 21 heavy (non-hydrogen) atoms. The second kappa shape index (κ2) is 7.00. The van der Waals surface area contributed by atoms with E-state index in [2.05, 4.69) is 11.8 Å². The second-order valence-electron chi connectivity index (χ2n) is 5.65. The zero-order valence-corrected chi connectivity index (χ0v) is 12.5. The Morgan fingerprint density at radius 3 is 2.81 bits per heavy atom. The lowest BCUT2D eigenvalue weighted by Crippen LogP contribution is -2.37. The average molecular weight is 295 g/mol. The van der Waals surface area contributed by atoms with Crippen LogP contribution in [0.3, 0.4) is 0 Å². The number of benzene rings is 1. The van der Waals surface area contributed by atoms with Crippen molar-refractivity contribution in [2.24, 2.45) is 5.92 Å². The quantitative estimate of drug-likeness (QED) is 0.801.